The summed E-state index contributed by atoms with van der Waals surface area (Å²) >= 11 is 20.6. The van der Waals surface area contributed by atoms with Crippen LogP contribution in [0.3, 0.4) is 0 Å². The van der Waals surface area contributed by atoms with Crippen LogP contribution >= 0.6 is 51.8 Å². The maximum absolute atomic E-state index is 15.9. The molecule has 194 valence electrons. The van der Waals surface area contributed by atoms with Crippen LogP contribution in [0.5, 0.6) is 0 Å². The lowest BCUT2D eigenvalue weighted by Gasteiger charge is -2.46. The summed E-state index contributed by atoms with van der Waals surface area (Å²) in [5.41, 5.74) is -2.69. The van der Waals surface area contributed by atoms with Crippen molar-refractivity contribution in [2.24, 2.45) is 5.41 Å². The highest BCUT2D eigenvalue weighted by atomic mass is 79.9. The van der Waals surface area contributed by atoms with Crippen molar-refractivity contribution in [3.8, 4) is 0 Å². The molecule has 0 fully saturated rings. The predicted molar refractivity (Wildman–Crippen MR) is 153 cm³/mol. The summed E-state index contributed by atoms with van der Waals surface area (Å²) in [6.07, 6.45) is 1.21. The molecule has 0 radical (unpaired) electrons. The summed E-state index contributed by atoms with van der Waals surface area (Å²) in [6.45, 7) is 12.8. The van der Waals surface area contributed by atoms with Crippen molar-refractivity contribution in [3.05, 3.63) is 67.6 Å². The number of rotatable bonds is 9. The number of ketones is 1. The first-order chi connectivity index (χ1) is 15.8. The Morgan fingerprint density at radius 1 is 1.03 bits per heavy atom. The second kappa shape index (κ2) is 11.0. The molecule has 2 aromatic carbocycles. The molecule has 35 heavy (non-hydrogen) atoms. The number of benzene rings is 2. The van der Waals surface area contributed by atoms with Crippen molar-refractivity contribution in [1.82, 2.24) is 0 Å². The van der Waals surface area contributed by atoms with E-state index < -0.39 is 21.9 Å². The molecule has 2 aromatic rings. The largest absolute Gasteiger partial charge is 0.384 e. The maximum atomic E-state index is 15.9. The number of hydrogen-bond acceptors (Lipinski definition) is 3. The summed E-state index contributed by atoms with van der Waals surface area (Å²) in [5, 5.41) is 12.2. The smallest absolute Gasteiger partial charge is 0.164 e. The normalized spacial score (nSPS) is 16.9. The molecule has 2 nitrogen and oxygen atoms in total. The van der Waals surface area contributed by atoms with Gasteiger partial charge in [-0.2, -0.15) is 12.6 Å². The van der Waals surface area contributed by atoms with Crippen molar-refractivity contribution >= 4 is 57.5 Å². The van der Waals surface area contributed by atoms with Gasteiger partial charge in [-0.3, -0.25) is 4.79 Å². The van der Waals surface area contributed by atoms with E-state index in [-0.39, 0.29) is 17.6 Å². The Bertz CT molecular complexity index is 1060. The summed E-state index contributed by atoms with van der Waals surface area (Å²) < 4.78 is 16.4. The summed E-state index contributed by atoms with van der Waals surface area (Å²) in [7, 11) is 0. The quantitative estimate of drug-likeness (QED) is 0.221. The molecule has 0 aliphatic carbocycles. The number of carbonyl (C=O) groups is 1. The highest BCUT2D eigenvalue weighted by molar-refractivity contribution is 9.10. The van der Waals surface area contributed by atoms with E-state index in [0.29, 0.717) is 37.6 Å². The van der Waals surface area contributed by atoms with Crippen molar-refractivity contribution in [3.63, 3.8) is 0 Å². The first kappa shape index (κ1) is 30.6. The number of halogens is 4. The first-order valence-corrected chi connectivity index (χ1v) is 13.8. The number of alkyl halides is 1. The van der Waals surface area contributed by atoms with Gasteiger partial charge in [0.2, 0.25) is 0 Å². The van der Waals surface area contributed by atoms with Gasteiger partial charge < -0.3 is 5.11 Å². The third-order valence-electron chi connectivity index (χ3n) is 7.00. The minimum absolute atomic E-state index is 0.00853. The number of Topliss-reactive ketones (excluding diaryl/α,β-unsaturated/α-hetero) is 1. The summed E-state index contributed by atoms with van der Waals surface area (Å²) in [5.74, 6) is 0.0316. The van der Waals surface area contributed by atoms with Crippen LogP contribution in [-0.4, -0.2) is 21.8 Å². The summed E-state index contributed by atoms with van der Waals surface area (Å²) in [6, 6.07) is 10.2. The molecule has 0 aromatic heterocycles. The molecule has 0 amide bonds. The minimum Gasteiger partial charge on any atom is -0.384 e. The fourth-order valence-electron chi connectivity index (χ4n) is 4.19. The van der Waals surface area contributed by atoms with E-state index in [1.165, 1.54) is 13.8 Å². The van der Waals surface area contributed by atoms with Crippen molar-refractivity contribution in [1.29, 1.82) is 0 Å². The number of thiol groups is 1. The lowest BCUT2D eigenvalue weighted by Crippen LogP contribution is -2.50. The van der Waals surface area contributed by atoms with E-state index in [0.717, 1.165) is 6.42 Å². The van der Waals surface area contributed by atoms with Crippen LogP contribution in [0.2, 0.25) is 10.0 Å². The van der Waals surface area contributed by atoms with Crippen LogP contribution in [0.25, 0.3) is 0 Å². The first-order valence-electron chi connectivity index (χ1n) is 11.7. The average Bonchev–Trinajstić information content (AvgIpc) is 2.69. The molecule has 0 heterocycles. The van der Waals surface area contributed by atoms with Gasteiger partial charge in [0.1, 0.15) is 11.3 Å². The van der Waals surface area contributed by atoms with Crippen molar-refractivity contribution in [2.75, 3.05) is 0 Å². The van der Waals surface area contributed by atoms with Crippen LogP contribution in [0.4, 0.5) is 4.39 Å². The third-order valence-corrected chi connectivity index (χ3v) is 8.52. The lowest BCUT2D eigenvalue weighted by atomic mass is 9.63. The molecule has 7 heteroatoms. The van der Waals surface area contributed by atoms with Gasteiger partial charge in [0.25, 0.3) is 0 Å². The van der Waals surface area contributed by atoms with E-state index >= 15 is 4.39 Å². The molecule has 1 N–H and O–H groups in total. The van der Waals surface area contributed by atoms with Crippen LogP contribution in [-0.2, 0) is 11.0 Å². The monoisotopic (exact) mass is 604 g/mol. The molecular formula is C28H36BrCl2FO2S. The van der Waals surface area contributed by atoms with Gasteiger partial charge in [0.15, 0.2) is 5.78 Å². The van der Waals surface area contributed by atoms with Gasteiger partial charge in [-0.05, 0) is 73.6 Å². The topological polar surface area (TPSA) is 37.3 Å². The van der Waals surface area contributed by atoms with Crippen LogP contribution in [0.1, 0.15) is 89.2 Å². The second-order valence-corrected chi connectivity index (χ2v) is 13.9. The highest BCUT2D eigenvalue weighted by Gasteiger charge is 2.50. The average molecular weight is 606 g/mol. The minimum atomic E-state index is -1.74. The van der Waals surface area contributed by atoms with E-state index in [2.05, 4.69) is 49.3 Å². The molecule has 2 rings (SSSR count). The van der Waals surface area contributed by atoms with Crippen LogP contribution in [0, 0.1) is 5.41 Å². The fraction of sp³-hybridized carbons (Fsp3) is 0.536. The van der Waals surface area contributed by atoms with Gasteiger partial charge in [-0.25, -0.2) is 4.39 Å². The molecule has 0 saturated carbocycles. The van der Waals surface area contributed by atoms with Gasteiger partial charge in [-0.15, -0.1) is 0 Å². The van der Waals surface area contributed by atoms with E-state index in [4.69, 9.17) is 23.2 Å². The molecular weight excluding hydrogens is 570 g/mol. The molecule has 0 saturated heterocycles. The predicted octanol–water partition coefficient (Wildman–Crippen LogP) is 9.37. The van der Waals surface area contributed by atoms with Gasteiger partial charge >= 0.3 is 0 Å². The highest BCUT2D eigenvalue weighted by Crippen LogP contribution is 2.49. The number of aliphatic hydroxyl groups is 1. The van der Waals surface area contributed by atoms with Crippen molar-refractivity contribution < 1.29 is 14.3 Å². The molecule has 0 aliphatic heterocycles. The Morgan fingerprint density at radius 3 is 2.00 bits per heavy atom. The zero-order chi connectivity index (χ0) is 27.0. The Morgan fingerprint density at radius 2 is 1.57 bits per heavy atom. The molecule has 3 atom stereocenters. The molecule has 0 bridgehead atoms. The fourth-order valence-corrected chi connectivity index (χ4v) is 5.56. The SMILES string of the molecule is CC(S)C(O)(CC(C)(c1cc(Cl)cc(Cl)c1)C(C)(C)F)c1ccc(C(=O)CCC(C)(C)C)c(Br)c1. The maximum Gasteiger partial charge on any atom is 0.164 e. The zero-order valence-corrected chi connectivity index (χ0v) is 25.5. The Balaban J connectivity index is 2.54. The van der Waals surface area contributed by atoms with Crippen molar-refractivity contribution in [2.45, 2.75) is 89.7 Å². The number of hydrogen-bond donors (Lipinski definition) is 2. The second-order valence-electron chi connectivity index (χ2n) is 11.4. The standard InChI is InChI=1S/C28H36BrCl2FO2S/c1-17(35)28(34,16-27(7,26(5,6)32)19-12-20(30)15-21(31)13-19)18-8-9-22(23(29)14-18)24(33)10-11-25(2,3)4/h8-9,12-15,17,34-35H,10-11,16H2,1-7H3. The van der Waals surface area contributed by atoms with Gasteiger partial charge in [0, 0.05) is 37.2 Å². The van der Waals surface area contributed by atoms with E-state index in [9.17, 15) is 9.90 Å². The lowest BCUT2D eigenvalue weighted by molar-refractivity contribution is -0.0283. The van der Waals surface area contributed by atoms with Crippen LogP contribution in [0.15, 0.2) is 40.9 Å². The van der Waals surface area contributed by atoms with E-state index in [1.54, 1.807) is 50.2 Å². The van der Waals surface area contributed by atoms with Crippen LogP contribution < -0.4 is 0 Å². The molecule has 0 aliphatic rings. The number of carbonyl (C=O) groups excluding carboxylic acids is 1. The molecule has 3 unspecified atom stereocenters. The zero-order valence-electron chi connectivity index (χ0n) is 21.5. The Kier molecular flexibility index (Phi) is 9.65. The van der Waals surface area contributed by atoms with E-state index in [1.807, 2.05) is 0 Å². The summed E-state index contributed by atoms with van der Waals surface area (Å²) in [4.78, 5) is 12.8. The third kappa shape index (κ3) is 7.25. The Labute approximate surface area is 233 Å². The molecule has 0 spiro atoms. The van der Waals surface area contributed by atoms with Gasteiger partial charge in [-0.1, -0.05) is 79.8 Å². The Hall–Kier alpha value is -0.590. The van der Waals surface area contributed by atoms with Gasteiger partial charge in [0.05, 0.1) is 0 Å².